The topological polar surface area (TPSA) is 73.8 Å². The molecule has 0 saturated heterocycles. The Hall–Kier alpha value is -1.60. The standard InChI is InChI=1S/C19H34N4O2S/c1-6-23(7-2)15-18-10-8-9-17(13-18)14-21-19(20-4)22-16(3)11-12-26(5,24)25/h8-10,13,16H,6-7,11-12,14-15H2,1-5H3,(H2,20,21,22). The van der Waals surface area contributed by atoms with E-state index in [1.54, 1.807) is 7.05 Å². The van der Waals surface area contributed by atoms with Gasteiger partial charge in [0.05, 0.1) is 5.75 Å². The Kier molecular flexibility index (Phi) is 9.65. The molecular weight excluding hydrogens is 348 g/mol. The first-order chi connectivity index (χ1) is 12.3. The first-order valence-electron chi connectivity index (χ1n) is 9.22. The highest BCUT2D eigenvalue weighted by Gasteiger charge is 2.09. The van der Waals surface area contributed by atoms with Gasteiger partial charge in [0.1, 0.15) is 9.84 Å². The predicted molar refractivity (Wildman–Crippen MR) is 110 cm³/mol. The van der Waals surface area contributed by atoms with Crippen molar-refractivity contribution in [2.75, 3.05) is 32.1 Å². The molecule has 148 valence electrons. The molecular formula is C19H34N4O2S. The average Bonchev–Trinajstić information content (AvgIpc) is 2.61. The van der Waals surface area contributed by atoms with Gasteiger partial charge in [-0.2, -0.15) is 0 Å². The molecule has 2 N–H and O–H groups in total. The van der Waals surface area contributed by atoms with Gasteiger partial charge in [-0.1, -0.05) is 38.1 Å². The van der Waals surface area contributed by atoms with Crippen LogP contribution in [0.4, 0.5) is 0 Å². The van der Waals surface area contributed by atoms with Crippen LogP contribution in [0.3, 0.4) is 0 Å². The SMILES string of the molecule is CCN(CC)Cc1cccc(CNC(=NC)NC(C)CCS(C)(=O)=O)c1. The van der Waals surface area contributed by atoms with Crippen molar-refractivity contribution in [3.8, 4) is 0 Å². The fraction of sp³-hybridized carbons (Fsp3) is 0.632. The molecule has 7 heteroatoms. The van der Waals surface area contributed by atoms with Crippen LogP contribution in [0, 0.1) is 0 Å². The van der Waals surface area contributed by atoms with E-state index in [0.29, 0.717) is 18.9 Å². The largest absolute Gasteiger partial charge is 0.354 e. The molecule has 0 heterocycles. The molecule has 0 saturated carbocycles. The van der Waals surface area contributed by atoms with Gasteiger partial charge in [-0.15, -0.1) is 0 Å². The summed E-state index contributed by atoms with van der Waals surface area (Å²) in [5, 5.41) is 6.54. The lowest BCUT2D eigenvalue weighted by Gasteiger charge is -2.19. The molecule has 1 atom stereocenters. The Morgan fingerprint density at radius 1 is 1.23 bits per heavy atom. The van der Waals surface area contributed by atoms with E-state index in [0.717, 1.165) is 19.6 Å². The number of nitrogens with one attached hydrogen (secondary N) is 2. The average molecular weight is 383 g/mol. The summed E-state index contributed by atoms with van der Waals surface area (Å²) in [4.78, 5) is 6.61. The van der Waals surface area contributed by atoms with Crippen LogP contribution in [0.5, 0.6) is 0 Å². The van der Waals surface area contributed by atoms with Crippen LogP contribution in [-0.2, 0) is 22.9 Å². The smallest absolute Gasteiger partial charge is 0.191 e. The second kappa shape index (κ2) is 11.2. The molecule has 0 bridgehead atoms. The van der Waals surface area contributed by atoms with Crippen LogP contribution in [0.1, 0.15) is 38.3 Å². The van der Waals surface area contributed by atoms with Crippen LogP contribution in [0.25, 0.3) is 0 Å². The number of rotatable bonds is 10. The molecule has 0 fully saturated rings. The summed E-state index contributed by atoms with van der Waals surface area (Å²) >= 11 is 0. The van der Waals surface area contributed by atoms with Crippen molar-refractivity contribution in [3.63, 3.8) is 0 Å². The number of hydrogen-bond donors (Lipinski definition) is 2. The minimum absolute atomic E-state index is 0.0323. The highest BCUT2D eigenvalue weighted by molar-refractivity contribution is 7.90. The molecule has 1 aromatic carbocycles. The van der Waals surface area contributed by atoms with Crippen molar-refractivity contribution in [3.05, 3.63) is 35.4 Å². The first-order valence-corrected chi connectivity index (χ1v) is 11.3. The Morgan fingerprint density at radius 2 is 1.88 bits per heavy atom. The summed E-state index contributed by atoms with van der Waals surface area (Å²) in [5.41, 5.74) is 2.50. The molecule has 0 aliphatic heterocycles. The molecule has 1 unspecified atom stereocenters. The minimum atomic E-state index is -2.94. The van der Waals surface area contributed by atoms with Crippen LogP contribution < -0.4 is 10.6 Å². The van der Waals surface area contributed by atoms with Crippen LogP contribution in [0.2, 0.25) is 0 Å². The summed E-state index contributed by atoms with van der Waals surface area (Å²) in [6.07, 6.45) is 1.82. The monoisotopic (exact) mass is 382 g/mol. The number of aliphatic imine (C=N–C) groups is 1. The van der Waals surface area contributed by atoms with Crippen LogP contribution in [0.15, 0.2) is 29.3 Å². The number of sulfone groups is 1. The molecule has 1 aromatic rings. The molecule has 0 spiro atoms. The second-order valence-corrected chi connectivity index (χ2v) is 8.93. The van der Waals surface area contributed by atoms with Crippen molar-refractivity contribution < 1.29 is 8.42 Å². The zero-order chi connectivity index (χ0) is 19.6. The van der Waals surface area contributed by atoms with E-state index in [-0.39, 0.29) is 11.8 Å². The minimum Gasteiger partial charge on any atom is -0.354 e. The molecule has 0 amide bonds. The molecule has 6 nitrogen and oxygen atoms in total. The van der Waals surface area contributed by atoms with Crippen molar-refractivity contribution in [2.24, 2.45) is 4.99 Å². The van der Waals surface area contributed by atoms with E-state index < -0.39 is 9.84 Å². The maximum Gasteiger partial charge on any atom is 0.191 e. The van der Waals surface area contributed by atoms with Gasteiger partial charge < -0.3 is 10.6 Å². The van der Waals surface area contributed by atoms with E-state index in [1.165, 1.54) is 17.4 Å². The number of nitrogens with zero attached hydrogens (tertiary/aromatic N) is 2. The predicted octanol–water partition coefficient (Wildman–Crippen LogP) is 2.02. The Morgan fingerprint density at radius 3 is 2.46 bits per heavy atom. The summed E-state index contributed by atoms with van der Waals surface area (Å²) in [6, 6.07) is 8.58. The lowest BCUT2D eigenvalue weighted by molar-refractivity contribution is 0.296. The molecule has 0 radical (unpaired) electrons. The van der Waals surface area contributed by atoms with Crippen molar-refractivity contribution in [1.82, 2.24) is 15.5 Å². The third-order valence-corrected chi connectivity index (χ3v) is 5.26. The summed E-state index contributed by atoms with van der Waals surface area (Å²) in [5.74, 6) is 0.853. The fourth-order valence-electron chi connectivity index (χ4n) is 2.62. The van der Waals surface area contributed by atoms with Gasteiger partial charge >= 0.3 is 0 Å². The van der Waals surface area contributed by atoms with Gasteiger partial charge in [-0.25, -0.2) is 8.42 Å². The van der Waals surface area contributed by atoms with Crippen molar-refractivity contribution in [1.29, 1.82) is 0 Å². The third-order valence-electron chi connectivity index (χ3n) is 4.28. The fourth-order valence-corrected chi connectivity index (χ4v) is 3.40. The quantitative estimate of drug-likeness (QED) is 0.478. The van der Waals surface area contributed by atoms with E-state index in [1.807, 2.05) is 6.92 Å². The lowest BCUT2D eigenvalue weighted by Crippen LogP contribution is -2.42. The molecule has 0 aromatic heterocycles. The maximum atomic E-state index is 11.3. The normalized spacial score (nSPS) is 13.7. The van der Waals surface area contributed by atoms with Gasteiger partial charge in [0.2, 0.25) is 0 Å². The van der Waals surface area contributed by atoms with E-state index in [4.69, 9.17) is 0 Å². The van der Waals surface area contributed by atoms with Gasteiger partial charge in [-0.3, -0.25) is 9.89 Å². The highest BCUT2D eigenvalue weighted by atomic mass is 32.2. The Labute approximate surface area is 159 Å². The summed E-state index contributed by atoms with van der Waals surface area (Å²) < 4.78 is 22.6. The van der Waals surface area contributed by atoms with Gasteiger partial charge in [0, 0.05) is 32.4 Å². The van der Waals surface area contributed by atoms with E-state index in [2.05, 4.69) is 58.6 Å². The van der Waals surface area contributed by atoms with E-state index >= 15 is 0 Å². The zero-order valence-electron chi connectivity index (χ0n) is 16.7. The molecule has 0 aliphatic rings. The van der Waals surface area contributed by atoms with Gasteiger partial charge in [0.25, 0.3) is 0 Å². The Balaban J connectivity index is 2.55. The maximum absolute atomic E-state index is 11.3. The van der Waals surface area contributed by atoms with Gasteiger partial charge in [0.15, 0.2) is 5.96 Å². The van der Waals surface area contributed by atoms with Crippen molar-refractivity contribution >= 4 is 15.8 Å². The first kappa shape index (κ1) is 22.4. The summed E-state index contributed by atoms with van der Waals surface area (Å²) in [7, 11) is -1.22. The van der Waals surface area contributed by atoms with Crippen molar-refractivity contribution in [2.45, 2.75) is 46.3 Å². The second-order valence-electron chi connectivity index (χ2n) is 6.67. The lowest BCUT2D eigenvalue weighted by atomic mass is 10.1. The Bertz CT molecular complexity index is 670. The third kappa shape index (κ3) is 9.20. The van der Waals surface area contributed by atoms with Gasteiger partial charge in [-0.05, 0) is 37.6 Å². The number of hydrogen-bond acceptors (Lipinski definition) is 4. The summed E-state index contributed by atoms with van der Waals surface area (Å²) in [6.45, 7) is 10.0. The molecule has 1 rings (SSSR count). The molecule has 26 heavy (non-hydrogen) atoms. The van der Waals surface area contributed by atoms with Crippen LogP contribution in [-0.4, -0.2) is 57.5 Å². The van der Waals surface area contributed by atoms with Crippen LogP contribution >= 0.6 is 0 Å². The zero-order valence-corrected chi connectivity index (χ0v) is 17.6. The van der Waals surface area contributed by atoms with E-state index in [9.17, 15) is 8.42 Å². The number of guanidine groups is 1. The number of benzene rings is 1. The molecule has 0 aliphatic carbocycles. The highest BCUT2D eigenvalue weighted by Crippen LogP contribution is 2.08.